The molecule has 0 saturated heterocycles. The van der Waals surface area contributed by atoms with E-state index in [0.29, 0.717) is 6.42 Å². The van der Waals surface area contributed by atoms with Crippen LogP contribution < -0.4 is 0 Å². The first-order valence-electron chi connectivity index (χ1n) is 4.00. The lowest BCUT2D eigenvalue weighted by Crippen LogP contribution is -2.46. The molecule has 0 fully saturated rings. The molecule has 5 nitrogen and oxygen atoms in total. The van der Waals surface area contributed by atoms with Crippen LogP contribution in [0.25, 0.3) is 0 Å². The average molecular weight is 190 g/mol. The Hall–Kier alpha value is -1.10. The third-order valence-electron chi connectivity index (χ3n) is 1.79. The minimum atomic E-state index is -2.63. The van der Waals surface area contributed by atoms with Crippen molar-refractivity contribution in [3.05, 3.63) is 0 Å². The highest BCUT2D eigenvalue weighted by Crippen LogP contribution is 2.17. The summed E-state index contributed by atoms with van der Waals surface area (Å²) in [6.45, 7) is 3.65. The SMILES string of the molecule is CC(C)CCC(O)(C(=O)O)C(=O)O. The molecule has 5 heteroatoms. The number of hydrogen-bond acceptors (Lipinski definition) is 3. The molecule has 76 valence electrons. The lowest BCUT2D eigenvalue weighted by Gasteiger charge is -2.18. The molecule has 0 rings (SSSR count). The zero-order chi connectivity index (χ0) is 10.6. The van der Waals surface area contributed by atoms with Crippen molar-refractivity contribution in [3.63, 3.8) is 0 Å². The van der Waals surface area contributed by atoms with Crippen LogP contribution in [0.4, 0.5) is 0 Å². The second-order valence-corrected chi connectivity index (χ2v) is 3.40. The van der Waals surface area contributed by atoms with E-state index < -0.39 is 17.5 Å². The highest BCUT2D eigenvalue weighted by molar-refractivity contribution is 6.01. The predicted octanol–water partition coefficient (Wildman–Crippen LogP) is 0.323. The summed E-state index contributed by atoms with van der Waals surface area (Å²) in [5.41, 5.74) is -2.63. The van der Waals surface area contributed by atoms with E-state index >= 15 is 0 Å². The van der Waals surface area contributed by atoms with Gasteiger partial charge in [0.25, 0.3) is 5.60 Å². The van der Waals surface area contributed by atoms with Gasteiger partial charge in [-0.2, -0.15) is 0 Å². The highest BCUT2D eigenvalue weighted by Gasteiger charge is 2.44. The van der Waals surface area contributed by atoms with Crippen molar-refractivity contribution in [3.8, 4) is 0 Å². The predicted molar refractivity (Wildman–Crippen MR) is 44.3 cm³/mol. The lowest BCUT2D eigenvalue weighted by molar-refractivity contribution is -0.176. The van der Waals surface area contributed by atoms with Crippen LogP contribution in [0.15, 0.2) is 0 Å². The van der Waals surface area contributed by atoms with Gasteiger partial charge in [-0.25, -0.2) is 9.59 Å². The molecule has 0 radical (unpaired) electrons. The fraction of sp³-hybridized carbons (Fsp3) is 0.750. The second-order valence-electron chi connectivity index (χ2n) is 3.40. The van der Waals surface area contributed by atoms with Gasteiger partial charge < -0.3 is 15.3 Å². The summed E-state index contributed by atoms with van der Waals surface area (Å²) >= 11 is 0. The van der Waals surface area contributed by atoms with Gasteiger partial charge >= 0.3 is 11.9 Å². The molecule has 0 aliphatic heterocycles. The molecule has 0 atom stereocenters. The van der Waals surface area contributed by atoms with Crippen LogP contribution in [0, 0.1) is 5.92 Å². The van der Waals surface area contributed by atoms with E-state index in [1.165, 1.54) is 0 Å². The minimum Gasteiger partial charge on any atom is -0.479 e. The Balaban J connectivity index is 4.44. The Morgan fingerprint density at radius 3 is 1.85 bits per heavy atom. The summed E-state index contributed by atoms with van der Waals surface area (Å²) in [6.07, 6.45) is 0.0877. The van der Waals surface area contributed by atoms with Crippen LogP contribution in [0.5, 0.6) is 0 Å². The van der Waals surface area contributed by atoms with Crippen molar-refractivity contribution in [2.45, 2.75) is 32.3 Å². The molecule has 0 aliphatic rings. The summed E-state index contributed by atoms with van der Waals surface area (Å²) in [6, 6.07) is 0. The van der Waals surface area contributed by atoms with Gasteiger partial charge in [-0.3, -0.25) is 0 Å². The smallest absolute Gasteiger partial charge is 0.347 e. The fourth-order valence-electron chi connectivity index (χ4n) is 0.803. The summed E-state index contributed by atoms with van der Waals surface area (Å²) < 4.78 is 0. The standard InChI is InChI=1S/C8H14O5/c1-5(2)3-4-8(13,6(9)10)7(11)12/h5,13H,3-4H2,1-2H3,(H,9,10)(H,11,12). The zero-order valence-electron chi connectivity index (χ0n) is 7.65. The molecule has 0 aromatic heterocycles. The van der Waals surface area contributed by atoms with Crippen LogP contribution >= 0.6 is 0 Å². The van der Waals surface area contributed by atoms with E-state index in [4.69, 9.17) is 10.2 Å². The van der Waals surface area contributed by atoms with Crippen molar-refractivity contribution >= 4 is 11.9 Å². The average Bonchev–Trinajstić information content (AvgIpc) is 1.99. The highest BCUT2D eigenvalue weighted by atomic mass is 16.4. The van der Waals surface area contributed by atoms with Gasteiger partial charge in [0.15, 0.2) is 0 Å². The molecule has 13 heavy (non-hydrogen) atoms. The number of rotatable bonds is 5. The topological polar surface area (TPSA) is 94.8 Å². The van der Waals surface area contributed by atoms with Gasteiger partial charge in [-0.05, 0) is 18.8 Å². The van der Waals surface area contributed by atoms with E-state index in [-0.39, 0.29) is 12.3 Å². The molecular formula is C8H14O5. The summed E-state index contributed by atoms with van der Waals surface area (Å²) in [4.78, 5) is 20.9. The van der Waals surface area contributed by atoms with Crippen LogP contribution in [0.3, 0.4) is 0 Å². The van der Waals surface area contributed by atoms with Crippen molar-refractivity contribution < 1.29 is 24.9 Å². The fourth-order valence-corrected chi connectivity index (χ4v) is 0.803. The number of carboxylic acids is 2. The summed E-state index contributed by atoms with van der Waals surface area (Å²) in [5, 5.41) is 26.2. The quantitative estimate of drug-likeness (QED) is 0.543. The van der Waals surface area contributed by atoms with Crippen molar-refractivity contribution in [2.75, 3.05) is 0 Å². The molecular weight excluding hydrogens is 176 g/mol. The number of carboxylic acid groups (broad SMARTS) is 2. The maximum absolute atomic E-state index is 10.4. The van der Waals surface area contributed by atoms with E-state index in [1.807, 2.05) is 13.8 Å². The van der Waals surface area contributed by atoms with Crippen molar-refractivity contribution in [2.24, 2.45) is 5.92 Å². The van der Waals surface area contributed by atoms with Gasteiger partial charge in [-0.15, -0.1) is 0 Å². The van der Waals surface area contributed by atoms with E-state index in [2.05, 4.69) is 0 Å². The molecule has 0 saturated carbocycles. The zero-order valence-corrected chi connectivity index (χ0v) is 7.65. The Kier molecular flexibility index (Phi) is 3.87. The first-order chi connectivity index (χ1) is 5.80. The van der Waals surface area contributed by atoms with Crippen LogP contribution in [0.2, 0.25) is 0 Å². The third kappa shape index (κ3) is 3.02. The molecule has 0 aliphatic carbocycles. The molecule has 0 heterocycles. The number of aliphatic carboxylic acids is 2. The largest absolute Gasteiger partial charge is 0.479 e. The van der Waals surface area contributed by atoms with Crippen molar-refractivity contribution in [1.82, 2.24) is 0 Å². The molecule has 0 aromatic rings. The first-order valence-corrected chi connectivity index (χ1v) is 4.00. The van der Waals surface area contributed by atoms with E-state index in [9.17, 15) is 14.7 Å². The van der Waals surface area contributed by atoms with E-state index in [1.54, 1.807) is 0 Å². The van der Waals surface area contributed by atoms with Gasteiger partial charge in [0.1, 0.15) is 0 Å². The Morgan fingerprint density at radius 1 is 1.23 bits per heavy atom. The van der Waals surface area contributed by atoms with Crippen LogP contribution in [-0.4, -0.2) is 32.9 Å². The molecule has 0 bridgehead atoms. The summed E-state index contributed by atoms with van der Waals surface area (Å²) in [5.74, 6) is -3.26. The third-order valence-corrected chi connectivity index (χ3v) is 1.79. The number of carbonyl (C=O) groups is 2. The normalized spacial score (nSPS) is 11.7. The lowest BCUT2D eigenvalue weighted by atomic mass is 9.94. The van der Waals surface area contributed by atoms with Gasteiger partial charge in [0.05, 0.1) is 0 Å². The minimum absolute atomic E-state index is 0.158. The number of aliphatic hydroxyl groups is 1. The maximum atomic E-state index is 10.4. The monoisotopic (exact) mass is 190 g/mol. The Bertz CT molecular complexity index is 195. The Labute approximate surface area is 76.0 Å². The maximum Gasteiger partial charge on any atom is 0.347 e. The molecule has 0 spiro atoms. The number of hydrogen-bond donors (Lipinski definition) is 3. The van der Waals surface area contributed by atoms with Gasteiger partial charge in [0, 0.05) is 0 Å². The van der Waals surface area contributed by atoms with Crippen LogP contribution in [0.1, 0.15) is 26.7 Å². The van der Waals surface area contributed by atoms with Gasteiger partial charge in [0.2, 0.25) is 0 Å². The first kappa shape index (κ1) is 11.9. The van der Waals surface area contributed by atoms with E-state index in [0.717, 1.165) is 0 Å². The molecule has 0 aromatic carbocycles. The van der Waals surface area contributed by atoms with Gasteiger partial charge in [-0.1, -0.05) is 13.8 Å². The molecule has 0 amide bonds. The molecule has 3 N–H and O–H groups in total. The Morgan fingerprint density at radius 2 is 1.62 bits per heavy atom. The second kappa shape index (κ2) is 4.23. The summed E-state index contributed by atoms with van der Waals surface area (Å²) in [7, 11) is 0. The van der Waals surface area contributed by atoms with Crippen LogP contribution in [-0.2, 0) is 9.59 Å². The van der Waals surface area contributed by atoms with Crippen molar-refractivity contribution in [1.29, 1.82) is 0 Å². The molecule has 0 unspecified atom stereocenters.